The lowest BCUT2D eigenvalue weighted by Gasteiger charge is -2.34. The Kier molecular flexibility index (Phi) is 10.1. The summed E-state index contributed by atoms with van der Waals surface area (Å²) in [5.74, 6) is 0.652. The summed E-state index contributed by atoms with van der Waals surface area (Å²) in [5, 5.41) is 16.6. The molecule has 0 radical (unpaired) electrons. The molecule has 44 heavy (non-hydrogen) atoms. The van der Waals surface area contributed by atoms with Gasteiger partial charge >= 0.3 is 0 Å². The maximum atomic E-state index is 14.4. The van der Waals surface area contributed by atoms with Gasteiger partial charge in [0, 0.05) is 27.9 Å². The second kappa shape index (κ2) is 14.4. The first-order valence-corrected chi connectivity index (χ1v) is 15.2. The maximum absolute atomic E-state index is 14.4. The Labute approximate surface area is 262 Å². The number of methoxy groups -OCH3 is 2. The van der Waals surface area contributed by atoms with Crippen molar-refractivity contribution in [2.75, 3.05) is 19.1 Å². The third-order valence-corrected chi connectivity index (χ3v) is 8.16. The normalized spacial score (nSPS) is 14.1. The van der Waals surface area contributed by atoms with E-state index in [2.05, 4.69) is 27.7 Å². The van der Waals surface area contributed by atoms with Crippen molar-refractivity contribution in [3.8, 4) is 22.9 Å². The van der Waals surface area contributed by atoms with Crippen LogP contribution in [0.5, 0.6) is 11.5 Å². The van der Waals surface area contributed by atoms with Crippen molar-refractivity contribution in [1.82, 2.24) is 25.5 Å². The molecule has 230 valence electrons. The molecule has 2 amide bonds. The predicted molar refractivity (Wildman–Crippen MR) is 169 cm³/mol. The molecule has 3 aromatic carbocycles. The summed E-state index contributed by atoms with van der Waals surface area (Å²) >= 11 is 6.03. The summed E-state index contributed by atoms with van der Waals surface area (Å²) in [4.78, 5) is 31.4. The molecule has 10 nitrogen and oxygen atoms in total. The molecule has 1 aliphatic rings. The standard InChI is InChI=1S/C33H37ClN6O4/c1-4-22-10-16-26(17-11-22)40(30(41)21-39-37-32(36-38-39)23-12-14-24(34)15-13-23)31(33(42)35-25-8-6-5-7-9-25)28-20-27(43-2)18-19-29(28)44-3/h10-20,25,31H,4-9,21H2,1-3H3,(H,35,42). The van der Waals surface area contributed by atoms with Gasteiger partial charge in [0.1, 0.15) is 24.1 Å². The van der Waals surface area contributed by atoms with Crippen molar-refractivity contribution in [2.45, 2.75) is 64.1 Å². The fourth-order valence-electron chi connectivity index (χ4n) is 5.53. The lowest BCUT2D eigenvalue weighted by molar-refractivity contribution is -0.127. The second-order valence-corrected chi connectivity index (χ2v) is 11.2. The van der Waals surface area contributed by atoms with Gasteiger partial charge in [-0.15, -0.1) is 10.2 Å². The van der Waals surface area contributed by atoms with E-state index in [1.807, 2.05) is 24.3 Å². The Bertz CT molecular complexity index is 1570. The molecule has 0 bridgehead atoms. The quantitative estimate of drug-likeness (QED) is 0.227. The van der Waals surface area contributed by atoms with Crippen molar-refractivity contribution in [3.63, 3.8) is 0 Å². The Morgan fingerprint density at radius 2 is 1.73 bits per heavy atom. The van der Waals surface area contributed by atoms with E-state index in [1.54, 1.807) is 56.7 Å². The number of amides is 2. The number of aryl methyl sites for hydroxylation is 1. The Hall–Kier alpha value is -4.44. The highest BCUT2D eigenvalue weighted by Gasteiger charge is 2.36. The molecular formula is C33H37ClN6O4. The SMILES string of the molecule is CCc1ccc(N(C(=O)Cn2nnc(-c3ccc(Cl)cc3)n2)C(C(=O)NC2CCCCC2)c2cc(OC)ccc2OC)cc1. The van der Waals surface area contributed by atoms with E-state index >= 15 is 0 Å². The smallest absolute Gasteiger partial charge is 0.251 e. The number of aromatic nitrogens is 4. The van der Waals surface area contributed by atoms with Crippen molar-refractivity contribution in [2.24, 2.45) is 0 Å². The van der Waals surface area contributed by atoms with Gasteiger partial charge in [0.15, 0.2) is 0 Å². The largest absolute Gasteiger partial charge is 0.497 e. The molecule has 0 aliphatic heterocycles. The maximum Gasteiger partial charge on any atom is 0.251 e. The van der Waals surface area contributed by atoms with E-state index in [-0.39, 0.29) is 18.5 Å². The highest BCUT2D eigenvalue weighted by Crippen LogP contribution is 2.37. The minimum Gasteiger partial charge on any atom is -0.497 e. The topological polar surface area (TPSA) is 111 Å². The second-order valence-electron chi connectivity index (χ2n) is 10.8. The van der Waals surface area contributed by atoms with E-state index < -0.39 is 11.9 Å². The van der Waals surface area contributed by atoms with Crippen LogP contribution in [0, 0.1) is 0 Å². The Morgan fingerprint density at radius 3 is 2.39 bits per heavy atom. The number of hydrogen-bond donors (Lipinski definition) is 1. The summed E-state index contributed by atoms with van der Waals surface area (Å²) in [6.45, 7) is 1.81. The molecular weight excluding hydrogens is 580 g/mol. The van der Waals surface area contributed by atoms with Crippen LogP contribution in [0.2, 0.25) is 5.02 Å². The van der Waals surface area contributed by atoms with Crippen LogP contribution in [0.4, 0.5) is 5.69 Å². The zero-order chi connectivity index (χ0) is 31.1. The highest BCUT2D eigenvalue weighted by atomic mass is 35.5. The molecule has 1 N–H and O–H groups in total. The van der Waals surface area contributed by atoms with Crippen LogP contribution in [0.3, 0.4) is 0 Å². The molecule has 1 aliphatic carbocycles. The van der Waals surface area contributed by atoms with Crippen LogP contribution in [-0.2, 0) is 22.6 Å². The van der Waals surface area contributed by atoms with Gasteiger partial charge in [0.2, 0.25) is 11.7 Å². The average molecular weight is 617 g/mol. The Morgan fingerprint density at radius 1 is 1.00 bits per heavy atom. The van der Waals surface area contributed by atoms with Crippen LogP contribution in [0.15, 0.2) is 66.7 Å². The lowest BCUT2D eigenvalue weighted by atomic mass is 9.94. The van der Waals surface area contributed by atoms with Crippen molar-refractivity contribution in [3.05, 3.63) is 82.9 Å². The highest BCUT2D eigenvalue weighted by molar-refractivity contribution is 6.30. The summed E-state index contributed by atoms with van der Waals surface area (Å²) in [7, 11) is 3.10. The number of rotatable bonds is 11. The number of nitrogens with zero attached hydrogens (tertiary/aromatic N) is 5. The minimum atomic E-state index is -1.07. The van der Waals surface area contributed by atoms with Gasteiger partial charge in [0.25, 0.3) is 5.91 Å². The predicted octanol–water partition coefficient (Wildman–Crippen LogP) is 5.80. The molecule has 1 heterocycles. The zero-order valence-electron chi connectivity index (χ0n) is 25.2. The average Bonchev–Trinajstić information content (AvgIpc) is 3.52. The monoisotopic (exact) mass is 616 g/mol. The van der Waals surface area contributed by atoms with E-state index in [9.17, 15) is 9.59 Å². The summed E-state index contributed by atoms with van der Waals surface area (Å²) in [5.41, 5.74) is 2.88. The van der Waals surface area contributed by atoms with Crippen LogP contribution in [0.25, 0.3) is 11.4 Å². The number of halogens is 1. The fraction of sp³-hybridized carbons (Fsp3) is 0.364. The number of anilines is 1. The van der Waals surface area contributed by atoms with Crippen molar-refractivity contribution >= 4 is 29.1 Å². The van der Waals surface area contributed by atoms with Gasteiger partial charge in [-0.2, -0.15) is 4.80 Å². The number of ether oxygens (including phenoxy) is 2. The summed E-state index contributed by atoms with van der Waals surface area (Å²) in [6.07, 6.45) is 5.86. The molecule has 0 saturated heterocycles. The van der Waals surface area contributed by atoms with Crippen LogP contribution < -0.4 is 19.7 Å². The van der Waals surface area contributed by atoms with E-state index in [0.717, 1.165) is 44.1 Å². The van der Waals surface area contributed by atoms with Gasteiger partial charge < -0.3 is 14.8 Å². The molecule has 4 aromatic rings. The third kappa shape index (κ3) is 7.19. The number of carbonyl (C=O) groups is 2. The van der Waals surface area contributed by atoms with E-state index in [0.29, 0.717) is 39.2 Å². The molecule has 1 unspecified atom stereocenters. The lowest BCUT2D eigenvalue weighted by Crippen LogP contribution is -2.48. The fourth-order valence-corrected chi connectivity index (χ4v) is 5.65. The third-order valence-electron chi connectivity index (χ3n) is 7.91. The minimum absolute atomic E-state index is 0.0219. The van der Waals surface area contributed by atoms with E-state index in [1.165, 1.54) is 9.70 Å². The summed E-state index contributed by atoms with van der Waals surface area (Å²) in [6, 6.07) is 18.9. The van der Waals surface area contributed by atoms with Crippen LogP contribution in [-0.4, -0.2) is 52.3 Å². The first-order valence-electron chi connectivity index (χ1n) is 14.9. The summed E-state index contributed by atoms with van der Waals surface area (Å²) < 4.78 is 11.3. The van der Waals surface area contributed by atoms with E-state index in [4.69, 9.17) is 21.1 Å². The molecule has 0 spiro atoms. The van der Waals surface area contributed by atoms with Gasteiger partial charge in [0.05, 0.1) is 14.2 Å². The van der Waals surface area contributed by atoms with Crippen LogP contribution in [0.1, 0.15) is 56.2 Å². The van der Waals surface area contributed by atoms with Crippen LogP contribution >= 0.6 is 11.6 Å². The molecule has 1 atom stereocenters. The molecule has 11 heteroatoms. The number of carbonyl (C=O) groups excluding carboxylic acids is 2. The van der Waals surface area contributed by atoms with Gasteiger partial charge in [-0.05, 0) is 84.6 Å². The number of hydrogen-bond acceptors (Lipinski definition) is 7. The number of nitrogens with one attached hydrogen (secondary N) is 1. The van der Waals surface area contributed by atoms with Crippen molar-refractivity contribution < 1.29 is 19.1 Å². The van der Waals surface area contributed by atoms with Gasteiger partial charge in [-0.25, -0.2) is 0 Å². The molecule has 5 rings (SSSR count). The zero-order valence-corrected chi connectivity index (χ0v) is 26.0. The molecule has 1 fully saturated rings. The first kappa shape index (κ1) is 31.0. The molecule has 1 aromatic heterocycles. The number of tetrazole rings is 1. The van der Waals surface area contributed by atoms with Crippen molar-refractivity contribution in [1.29, 1.82) is 0 Å². The van der Waals surface area contributed by atoms with Gasteiger partial charge in [-0.1, -0.05) is 49.9 Å². The van der Waals surface area contributed by atoms with Gasteiger partial charge in [-0.3, -0.25) is 14.5 Å². The first-order chi connectivity index (χ1) is 21.4. The number of benzene rings is 3. The Balaban J connectivity index is 1.57. The molecule has 1 saturated carbocycles.